The van der Waals surface area contributed by atoms with E-state index in [1.165, 1.54) is 0 Å². The largest absolute Gasteiger partial charge is 0.344 e. The van der Waals surface area contributed by atoms with Crippen LogP contribution in [0.4, 0.5) is 0 Å². The van der Waals surface area contributed by atoms with Crippen molar-refractivity contribution < 1.29 is 19.2 Å². The molecule has 2 aliphatic heterocycles. The molecule has 0 aliphatic carbocycles. The van der Waals surface area contributed by atoms with Crippen molar-refractivity contribution in [2.24, 2.45) is 11.8 Å². The lowest BCUT2D eigenvalue weighted by molar-refractivity contribution is -0.138. The number of hydrogen-bond donors (Lipinski definition) is 2. The second kappa shape index (κ2) is 6.24. The zero-order valence-electron chi connectivity index (χ0n) is 12.3. The Balaban J connectivity index is 1.88. The molecule has 0 bridgehead atoms. The van der Waals surface area contributed by atoms with Gasteiger partial charge in [0.2, 0.25) is 23.6 Å². The van der Waals surface area contributed by atoms with Gasteiger partial charge in [0.1, 0.15) is 6.04 Å². The molecule has 2 fully saturated rings. The van der Waals surface area contributed by atoms with E-state index in [0.29, 0.717) is 25.4 Å². The number of carbonyl (C=O) groups is 4. The van der Waals surface area contributed by atoms with Gasteiger partial charge < -0.3 is 10.2 Å². The van der Waals surface area contributed by atoms with Crippen molar-refractivity contribution in [2.45, 2.75) is 39.2 Å². The van der Waals surface area contributed by atoms with Gasteiger partial charge in [-0.15, -0.1) is 0 Å². The predicted molar refractivity (Wildman–Crippen MR) is 73.8 cm³/mol. The first-order chi connectivity index (χ1) is 9.86. The van der Waals surface area contributed by atoms with Crippen LogP contribution in [0.15, 0.2) is 0 Å². The van der Waals surface area contributed by atoms with E-state index < -0.39 is 17.9 Å². The van der Waals surface area contributed by atoms with Crippen molar-refractivity contribution in [1.82, 2.24) is 15.5 Å². The first-order valence-electron chi connectivity index (χ1n) is 7.28. The molecule has 2 rings (SSSR count). The lowest BCUT2D eigenvalue weighted by Gasteiger charge is -2.23. The van der Waals surface area contributed by atoms with Crippen LogP contribution in [-0.4, -0.2) is 47.7 Å². The molecule has 2 saturated heterocycles. The summed E-state index contributed by atoms with van der Waals surface area (Å²) >= 11 is 0. The zero-order chi connectivity index (χ0) is 15.6. The topological polar surface area (TPSA) is 95.6 Å². The summed E-state index contributed by atoms with van der Waals surface area (Å²) in [5, 5.41) is 4.84. The monoisotopic (exact) mass is 295 g/mol. The Morgan fingerprint density at radius 1 is 1.38 bits per heavy atom. The minimum atomic E-state index is -0.676. The molecular weight excluding hydrogens is 274 g/mol. The van der Waals surface area contributed by atoms with Crippen molar-refractivity contribution in [3.63, 3.8) is 0 Å². The third-order valence-electron chi connectivity index (χ3n) is 3.73. The Morgan fingerprint density at radius 2 is 2.10 bits per heavy atom. The highest BCUT2D eigenvalue weighted by atomic mass is 16.2. The van der Waals surface area contributed by atoms with Gasteiger partial charge in [0, 0.05) is 25.9 Å². The number of rotatable bonds is 4. The van der Waals surface area contributed by atoms with Gasteiger partial charge >= 0.3 is 0 Å². The van der Waals surface area contributed by atoms with Gasteiger partial charge in [-0.1, -0.05) is 13.8 Å². The summed E-state index contributed by atoms with van der Waals surface area (Å²) < 4.78 is 0. The minimum absolute atomic E-state index is 0.0212. The third kappa shape index (κ3) is 3.80. The first kappa shape index (κ1) is 15.5. The molecule has 0 aromatic heterocycles. The van der Waals surface area contributed by atoms with E-state index in [1.807, 2.05) is 13.8 Å². The molecule has 2 N–H and O–H groups in total. The van der Waals surface area contributed by atoms with Gasteiger partial charge in [-0.25, -0.2) is 0 Å². The van der Waals surface area contributed by atoms with Crippen LogP contribution in [0.5, 0.6) is 0 Å². The number of nitrogens with one attached hydrogen (secondary N) is 2. The SMILES string of the molecule is CC(C)CN1CC(C(=O)NC2CCC(=O)NC2=O)CC1=O. The maximum absolute atomic E-state index is 12.2. The Hall–Kier alpha value is -1.92. The van der Waals surface area contributed by atoms with Gasteiger partial charge in [-0.05, 0) is 12.3 Å². The zero-order valence-corrected chi connectivity index (χ0v) is 12.3. The fraction of sp³-hybridized carbons (Fsp3) is 0.714. The quantitative estimate of drug-likeness (QED) is 0.678. The average molecular weight is 295 g/mol. The molecule has 0 aromatic rings. The maximum Gasteiger partial charge on any atom is 0.249 e. The average Bonchev–Trinajstić information content (AvgIpc) is 2.74. The fourth-order valence-electron chi connectivity index (χ4n) is 2.69. The number of nitrogens with zero attached hydrogens (tertiary/aromatic N) is 1. The number of hydrogen-bond acceptors (Lipinski definition) is 4. The van der Waals surface area contributed by atoms with Crippen molar-refractivity contribution in [3.05, 3.63) is 0 Å². The summed E-state index contributed by atoms with van der Waals surface area (Å²) in [6.45, 7) is 5.07. The summed E-state index contributed by atoms with van der Waals surface area (Å²) in [6.07, 6.45) is 0.721. The van der Waals surface area contributed by atoms with E-state index in [4.69, 9.17) is 0 Å². The number of imide groups is 1. The van der Waals surface area contributed by atoms with E-state index >= 15 is 0 Å². The number of piperidine rings is 1. The van der Waals surface area contributed by atoms with Gasteiger partial charge in [0.25, 0.3) is 0 Å². The van der Waals surface area contributed by atoms with Crippen molar-refractivity contribution in [3.8, 4) is 0 Å². The Labute approximate surface area is 123 Å². The van der Waals surface area contributed by atoms with E-state index in [1.54, 1.807) is 4.90 Å². The Morgan fingerprint density at radius 3 is 2.71 bits per heavy atom. The molecular formula is C14H21N3O4. The summed E-state index contributed by atoms with van der Waals surface area (Å²) in [5.41, 5.74) is 0. The van der Waals surface area contributed by atoms with Crippen molar-refractivity contribution in [1.29, 1.82) is 0 Å². The lowest BCUT2D eigenvalue weighted by atomic mass is 10.0. The van der Waals surface area contributed by atoms with Gasteiger partial charge in [0.05, 0.1) is 5.92 Å². The summed E-state index contributed by atoms with van der Waals surface area (Å²) in [4.78, 5) is 48.4. The smallest absolute Gasteiger partial charge is 0.249 e. The van der Waals surface area contributed by atoms with Gasteiger partial charge in [-0.3, -0.25) is 24.5 Å². The van der Waals surface area contributed by atoms with Crippen LogP contribution in [-0.2, 0) is 19.2 Å². The molecule has 116 valence electrons. The molecule has 2 aliphatic rings. The molecule has 7 nitrogen and oxygen atoms in total. The highest BCUT2D eigenvalue weighted by Gasteiger charge is 2.36. The Bertz CT molecular complexity index is 475. The second-order valence-electron chi connectivity index (χ2n) is 6.11. The van der Waals surface area contributed by atoms with Crippen LogP contribution in [0, 0.1) is 11.8 Å². The maximum atomic E-state index is 12.2. The fourth-order valence-corrected chi connectivity index (χ4v) is 2.69. The van der Waals surface area contributed by atoms with Crippen LogP contribution in [0.1, 0.15) is 33.1 Å². The standard InChI is InChI=1S/C14H21N3O4/c1-8(2)6-17-7-9(5-12(17)19)13(20)15-10-3-4-11(18)16-14(10)21/h8-10H,3-7H2,1-2H3,(H,15,20)(H,16,18,21). The third-order valence-corrected chi connectivity index (χ3v) is 3.73. The van der Waals surface area contributed by atoms with Crippen molar-refractivity contribution in [2.75, 3.05) is 13.1 Å². The highest BCUT2D eigenvalue weighted by molar-refractivity contribution is 6.02. The first-order valence-corrected chi connectivity index (χ1v) is 7.28. The van der Waals surface area contributed by atoms with E-state index in [-0.39, 0.29) is 30.6 Å². The van der Waals surface area contributed by atoms with Crippen LogP contribution < -0.4 is 10.6 Å². The summed E-state index contributed by atoms with van der Waals surface area (Å²) in [5.74, 6) is -1.16. The number of amides is 4. The molecule has 2 atom stereocenters. The van der Waals surface area contributed by atoms with E-state index in [9.17, 15) is 19.2 Å². The molecule has 0 saturated carbocycles. The van der Waals surface area contributed by atoms with Gasteiger partial charge in [0.15, 0.2) is 0 Å². The Kier molecular flexibility index (Phi) is 4.59. The van der Waals surface area contributed by atoms with Crippen molar-refractivity contribution >= 4 is 23.6 Å². The van der Waals surface area contributed by atoms with Crippen LogP contribution in [0.3, 0.4) is 0 Å². The van der Waals surface area contributed by atoms with E-state index in [2.05, 4.69) is 10.6 Å². The summed E-state index contributed by atoms with van der Waals surface area (Å²) in [7, 11) is 0. The highest BCUT2D eigenvalue weighted by Crippen LogP contribution is 2.19. The van der Waals surface area contributed by atoms with Crippen LogP contribution >= 0.6 is 0 Å². The molecule has 21 heavy (non-hydrogen) atoms. The number of carbonyl (C=O) groups excluding carboxylic acids is 4. The molecule has 0 spiro atoms. The predicted octanol–water partition coefficient (Wildman–Crippen LogP) is -0.588. The molecule has 2 heterocycles. The molecule has 7 heteroatoms. The minimum Gasteiger partial charge on any atom is -0.344 e. The molecule has 0 radical (unpaired) electrons. The second-order valence-corrected chi connectivity index (χ2v) is 6.11. The molecule has 2 unspecified atom stereocenters. The summed E-state index contributed by atoms with van der Waals surface area (Å²) in [6, 6.07) is -0.676. The lowest BCUT2D eigenvalue weighted by Crippen LogP contribution is -2.53. The molecule has 0 aromatic carbocycles. The van der Waals surface area contributed by atoms with Gasteiger partial charge in [-0.2, -0.15) is 0 Å². The number of likely N-dealkylation sites (tertiary alicyclic amines) is 1. The molecule has 4 amide bonds. The normalized spacial score (nSPS) is 26.2. The van der Waals surface area contributed by atoms with Crippen LogP contribution in [0.25, 0.3) is 0 Å². The van der Waals surface area contributed by atoms with Crippen LogP contribution in [0.2, 0.25) is 0 Å². The van der Waals surface area contributed by atoms with E-state index in [0.717, 1.165) is 0 Å².